The quantitative estimate of drug-likeness (QED) is 0.741. The molecule has 1 heterocycles. The van der Waals surface area contributed by atoms with Gasteiger partial charge in [0.05, 0.1) is 0 Å². The molecule has 1 nitrogen and oxygen atoms in total. The van der Waals surface area contributed by atoms with E-state index in [1.165, 1.54) is 3.20 Å². The first-order valence-corrected chi connectivity index (χ1v) is 11.6. The van der Waals surface area contributed by atoms with Crippen molar-refractivity contribution in [1.82, 2.24) is 4.98 Å². The molecule has 0 aliphatic carbocycles. The summed E-state index contributed by atoms with van der Waals surface area (Å²) in [5, 5.41) is 0. The zero-order chi connectivity index (χ0) is 5.11. The summed E-state index contributed by atoms with van der Waals surface area (Å²) in [5.74, 6) is 0. The van der Waals surface area contributed by atoms with Crippen molar-refractivity contribution in [3.8, 4) is 0 Å². The van der Waals surface area contributed by atoms with E-state index >= 15 is 0 Å². The van der Waals surface area contributed by atoms with Gasteiger partial charge < -0.3 is 0 Å². The second kappa shape index (κ2) is 2.73. The monoisotopic (exact) mass is 303 g/mol. The first-order valence-electron chi connectivity index (χ1n) is 2.11. The minimum absolute atomic E-state index is 1.07. The zero-order valence-electron chi connectivity index (χ0n) is 3.82. The Hall–Kier alpha value is 0.505. The molecule has 0 aromatic carbocycles. The summed E-state index contributed by atoms with van der Waals surface area (Å²) >= 11 is -1.07. The van der Waals surface area contributed by atoms with Crippen LogP contribution in [0, 0.1) is 0 Å². The third-order valence-electron chi connectivity index (χ3n) is 0.806. The average Bonchev–Trinajstić information content (AvgIpc) is 2.14. The molecule has 1 aromatic heterocycles. The average molecular weight is 302 g/mol. The van der Waals surface area contributed by atoms with Gasteiger partial charge in [-0.3, -0.25) is 0 Å². The fraction of sp³-hybridized carbons (Fsp3) is 0. The zero-order valence-corrected chi connectivity index (χ0v) is 10.1. The van der Waals surface area contributed by atoms with Gasteiger partial charge in [-0.15, -0.1) is 0 Å². The summed E-state index contributed by atoms with van der Waals surface area (Å²) in [6.45, 7) is 0. The Labute approximate surface area is 57.9 Å². The number of H-pyrrole nitrogens is 1. The van der Waals surface area contributed by atoms with E-state index in [9.17, 15) is 0 Å². The van der Waals surface area contributed by atoms with Crippen molar-refractivity contribution in [2.45, 2.75) is 0 Å². The molecule has 0 spiro atoms. The van der Waals surface area contributed by atoms with E-state index in [2.05, 4.69) is 11.1 Å². The molecule has 0 saturated carbocycles. The minimum atomic E-state index is -1.07. The first-order chi connectivity index (χ1) is 3.43. The number of halogens is 1. The molecular formula is C4H4ClHgN. The van der Waals surface area contributed by atoms with Crippen LogP contribution < -0.4 is 3.20 Å². The SMILES string of the molecule is [Cl][Hg][c]1ccc[nH]1. The number of hydrogen-bond acceptors (Lipinski definition) is 0. The standard InChI is InChI=1S/C4H4N.ClH.Hg/c1-2-4-5-3-1;;/h1-3,5H;1H;/q;;+1/p-1. The van der Waals surface area contributed by atoms with Gasteiger partial charge in [0.15, 0.2) is 0 Å². The Balaban J connectivity index is 2.76. The Morgan fingerprint density at radius 2 is 2.57 bits per heavy atom. The first kappa shape index (κ1) is 5.64. The Kier molecular flexibility index (Phi) is 2.20. The van der Waals surface area contributed by atoms with E-state index in [4.69, 9.17) is 8.25 Å². The molecule has 0 radical (unpaired) electrons. The molecule has 1 aromatic rings. The van der Waals surface area contributed by atoms with Crippen molar-refractivity contribution in [2.24, 2.45) is 0 Å². The van der Waals surface area contributed by atoms with Crippen molar-refractivity contribution < 1.29 is 23.3 Å². The second-order valence-electron chi connectivity index (χ2n) is 1.33. The van der Waals surface area contributed by atoms with Gasteiger partial charge in [0.1, 0.15) is 0 Å². The number of rotatable bonds is 1. The van der Waals surface area contributed by atoms with Crippen molar-refractivity contribution in [3.63, 3.8) is 0 Å². The summed E-state index contributed by atoms with van der Waals surface area (Å²) in [6.07, 6.45) is 1.91. The molecule has 1 N–H and O–H groups in total. The van der Waals surface area contributed by atoms with Crippen LogP contribution in [-0.4, -0.2) is 4.98 Å². The van der Waals surface area contributed by atoms with E-state index < -0.39 is 23.3 Å². The number of nitrogens with one attached hydrogen (secondary N) is 1. The van der Waals surface area contributed by atoms with E-state index in [1.807, 2.05) is 12.3 Å². The second-order valence-corrected chi connectivity index (χ2v) is 7.67. The van der Waals surface area contributed by atoms with Crippen LogP contribution in [-0.2, 0) is 23.3 Å². The Bertz CT molecular complexity index is 126. The summed E-state index contributed by atoms with van der Waals surface area (Å²) in [6, 6.07) is 4.03. The molecule has 0 fully saturated rings. The summed E-state index contributed by atoms with van der Waals surface area (Å²) in [4.78, 5) is 3.05. The van der Waals surface area contributed by atoms with Crippen LogP contribution >= 0.6 is 8.25 Å². The van der Waals surface area contributed by atoms with E-state index in [0.717, 1.165) is 0 Å². The van der Waals surface area contributed by atoms with Crippen LogP contribution in [0.15, 0.2) is 18.3 Å². The molecule has 0 aliphatic heterocycles. The van der Waals surface area contributed by atoms with Crippen LogP contribution in [0.1, 0.15) is 0 Å². The van der Waals surface area contributed by atoms with Gasteiger partial charge >= 0.3 is 58.1 Å². The van der Waals surface area contributed by atoms with Gasteiger partial charge in [-0.25, -0.2) is 0 Å². The van der Waals surface area contributed by atoms with Crippen LogP contribution in [0.4, 0.5) is 0 Å². The van der Waals surface area contributed by atoms with Crippen LogP contribution in [0.5, 0.6) is 0 Å². The van der Waals surface area contributed by atoms with E-state index in [0.29, 0.717) is 0 Å². The Morgan fingerprint density at radius 3 is 2.86 bits per heavy atom. The summed E-state index contributed by atoms with van der Waals surface area (Å²) in [7, 11) is 5.66. The van der Waals surface area contributed by atoms with Crippen molar-refractivity contribution >= 4 is 11.5 Å². The van der Waals surface area contributed by atoms with E-state index in [1.54, 1.807) is 0 Å². The number of aromatic nitrogens is 1. The Morgan fingerprint density at radius 1 is 1.71 bits per heavy atom. The molecule has 7 heavy (non-hydrogen) atoms. The third kappa shape index (κ3) is 1.46. The van der Waals surface area contributed by atoms with Crippen LogP contribution in [0.25, 0.3) is 0 Å². The molecule has 0 unspecified atom stereocenters. The molecule has 0 amide bonds. The van der Waals surface area contributed by atoms with Gasteiger partial charge in [0.2, 0.25) is 0 Å². The maximum atomic E-state index is 5.66. The van der Waals surface area contributed by atoms with Gasteiger partial charge in [0, 0.05) is 0 Å². The molecule has 34 valence electrons. The van der Waals surface area contributed by atoms with E-state index in [-0.39, 0.29) is 0 Å². The molecule has 0 bridgehead atoms. The molecular weight excluding hydrogens is 298 g/mol. The third-order valence-corrected chi connectivity index (χ3v) is 6.16. The van der Waals surface area contributed by atoms with Gasteiger partial charge in [0.25, 0.3) is 0 Å². The fourth-order valence-electron chi connectivity index (χ4n) is 0.451. The van der Waals surface area contributed by atoms with Crippen molar-refractivity contribution in [1.29, 1.82) is 0 Å². The molecule has 0 saturated heterocycles. The van der Waals surface area contributed by atoms with Gasteiger partial charge in [-0.1, -0.05) is 0 Å². The topological polar surface area (TPSA) is 15.8 Å². The fourth-order valence-corrected chi connectivity index (χ4v) is 3.54. The van der Waals surface area contributed by atoms with Gasteiger partial charge in [-0.2, -0.15) is 0 Å². The van der Waals surface area contributed by atoms with Crippen molar-refractivity contribution in [2.75, 3.05) is 0 Å². The summed E-state index contributed by atoms with van der Waals surface area (Å²) in [5.41, 5.74) is 0. The van der Waals surface area contributed by atoms with Gasteiger partial charge in [-0.05, 0) is 0 Å². The predicted octanol–water partition coefficient (Wildman–Crippen LogP) is 0.876. The van der Waals surface area contributed by atoms with Crippen LogP contribution in [0.2, 0.25) is 0 Å². The molecule has 0 atom stereocenters. The van der Waals surface area contributed by atoms with Crippen LogP contribution in [0.3, 0.4) is 0 Å². The number of aromatic amines is 1. The van der Waals surface area contributed by atoms with Crippen molar-refractivity contribution in [3.05, 3.63) is 18.3 Å². The molecule has 1 rings (SSSR count). The number of hydrogen-bond donors (Lipinski definition) is 1. The molecule has 3 heteroatoms. The molecule has 0 aliphatic rings. The predicted molar refractivity (Wildman–Crippen MR) is 26.3 cm³/mol. The summed E-state index contributed by atoms with van der Waals surface area (Å²) < 4.78 is 1.29. The maximum absolute atomic E-state index is 5.66. The normalized spacial score (nSPS) is 8.14.